The van der Waals surface area contributed by atoms with Crippen LogP contribution < -0.4 is 4.90 Å². The van der Waals surface area contributed by atoms with Gasteiger partial charge >= 0.3 is 29.6 Å². The summed E-state index contributed by atoms with van der Waals surface area (Å²) >= 11 is 1.44. The first kappa shape index (κ1) is 16.5. The average Bonchev–Trinajstić information content (AvgIpc) is 2.43. The molecule has 0 saturated heterocycles. The molecule has 8 heteroatoms. The first-order chi connectivity index (χ1) is 9.50. The van der Waals surface area contributed by atoms with Crippen LogP contribution in [0.15, 0.2) is 57.2 Å². The third kappa shape index (κ3) is 3.03. The van der Waals surface area contributed by atoms with Gasteiger partial charge in [-0.05, 0) is 30.3 Å². The topological polar surface area (TPSA) is 74.7 Å². The second-order valence-electron chi connectivity index (χ2n) is 4.15. The summed E-state index contributed by atoms with van der Waals surface area (Å²) in [7, 11) is -4.30. The number of fused-ring (bicyclic) bond motifs is 2. The molecular formula is C13H10NNaO4S2. The van der Waals surface area contributed by atoms with E-state index < -0.39 is 10.1 Å². The predicted molar refractivity (Wildman–Crippen MR) is 82.2 cm³/mol. The summed E-state index contributed by atoms with van der Waals surface area (Å²) in [5, 5.41) is 0. The van der Waals surface area contributed by atoms with Crippen LogP contribution in [0.25, 0.3) is 0 Å². The van der Waals surface area contributed by atoms with E-state index in [-0.39, 0.29) is 34.5 Å². The molecule has 104 valence electrons. The zero-order chi connectivity index (χ0) is 14.3. The van der Waals surface area contributed by atoms with Crippen molar-refractivity contribution in [2.45, 2.75) is 14.7 Å². The van der Waals surface area contributed by atoms with Crippen LogP contribution in [0.3, 0.4) is 0 Å². The SMILES string of the molecule is O=CN1c2ccccc2Sc2ccc(S(=O)(=O)O)cc21.[NaH]. The van der Waals surface area contributed by atoms with Crippen molar-refractivity contribution >= 4 is 69.2 Å². The van der Waals surface area contributed by atoms with Crippen molar-refractivity contribution in [2.24, 2.45) is 0 Å². The van der Waals surface area contributed by atoms with Crippen molar-refractivity contribution in [1.82, 2.24) is 0 Å². The number of para-hydroxylation sites is 1. The van der Waals surface area contributed by atoms with Crippen molar-refractivity contribution in [1.29, 1.82) is 0 Å². The van der Waals surface area contributed by atoms with E-state index in [1.807, 2.05) is 12.1 Å². The Labute approximate surface area is 148 Å². The summed E-state index contributed by atoms with van der Waals surface area (Å²) in [5.41, 5.74) is 1.13. The Morgan fingerprint density at radius 2 is 1.71 bits per heavy atom. The van der Waals surface area contributed by atoms with Crippen LogP contribution in [-0.4, -0.2) is 48.9 Å². The second-order valence-corrected chi connectivity index (χ2v) is 6.66. The van der Waals surface area contributed by atoms with Crippen LogP contribution in [-0.2, 0) is 14.9 Å². The van der Waals surface area contributed by atoms with Gasteiger partial charge < -0.3 is 0 Å². The minimum absolute atomic E-state index is 0. The van der Waals surface area contributed by atoms with Gasteiger partial charge in [-0.2, -0.15) is 8.42 Å². The van der Waals surface area contributed by atoms with E-state index >= 15 is 0 Å². The van der Waals surface area contributed by atoms with Gasteiger partial charge in [-0.15, -0.1) is 0 Å². The Bertz CT molecular complexity index is 808. The molecule has 1 N–H and O–H groups in total. The van der Waals surface area contributed by atoms with Gasteiger partial charge in [-0.25, -0.2) is 0 Å². The minimum atomic E-state index is -4.30. The maximum absolute atomic E-state index is 11.4. The fourth-order valence-electron chi connectivity index (χ4n) is 2.04. The summed E-state index contributed by atoms with van der Waals surface area (Å²) < 4.78 is 31.5. The number of carbonyl (C=O) groups excluding carboxylic acids is 1. The molecule has 0 radical (unpaired) electrons. The van der Waals surface area contributed by atoms with E-state index in [4.69, 9.17) is 4.55 Å². The number of anilines is 2. The summed E-state index contributed by atoms with van der Waals surface area (Å²) in [4.78, 5) is 14.2. The average molecular weight is 331 g/mol. The number of carbonyl (C=O) groups is 1. The molecule has 1 amide bonds. The fourth-order valence-corrected chi connectivity index (χ4v) is 3.59. The second kappa shape index (κ2) is 6.12. The molecule has 1 heterocycles. The van der Waals surface area contributed by atoms with Crippen LogP contribution in [0.5, 0.6) is 0 Å². The molecule has 3 rings (SSSR count). The molecular weight excluding hydrogens is 321 g/mol. The number of nitrogens with zero attached hydrogens (tertiary/aromatic N) is 1. The number of rotatable bonds is 2. The molecule has 0 aromatic heterocycles. The Hall–Kier alpha value is -0.830. The van der Waals surface area contributed by atoms with Crippen molar-refractivity contribution < 1.29 is 17.8 Å². The van der Waals surface area contributed by atoms with Crippen molar-refractivity contribution in [2.75, 3.05) is 4.90 Å². The molecule has 2 aromatic rings. The number of hydrogen-bond acceptors (Lipinski definition) is 4. The van der Waals surface area contributed by atoms with Gasteiger partial charge in [0, 0.05) is 9.79 Å². The van der Waals surface area contributed by atoms with E-state index in [9.17, 15) is 13.2 Å². The molecule has 21 heavy (non-hydrogen) atoms. The number of hydrogen-bond donors (Lipinski definition) is 1. The molecule has 0 aliphatic carbocycles. The van der Waals surface area contributed by atoms with E-state index in [2.05, 4.69) is 0 Å². The monoisotopic (exact) mass is 331 g/mol. The molecule has 2 aromatic carbocycles. The quantitative estimate of drug-likeness (QED) is 0.518. The molecule has 0 bridgehead atoms. The maximum atomic E-state index is 11.4. The van der Waals surface area contributed by atoms with Gasteiger partial charge in [0.25, 0.3) is 10.1 Å². The van der Waals surface area contributed by atoms with Crippen LogP contribution in [0.1, 0.15) is 0 Å². The zero-order valence-corrected chi connectivity index (χ0v) is 11.7. The molecule has 1 aliphatic rings. The molecule has 0 unspecified atom stereocenters. The van der Waals surface area contributed by atoms with Gasteiger partial charge in [0.2, 0.25) is 6.41 Å². The standard InChI is InChI=1S/C13H9NO4S2.Na.H/c15-8-14-10-3-1-2-4-12(10)19-13-6-5-9(7-11(13)14)20(16,17)18;;/h1-8H,(H,16,17,18);;. The van der Waals surface area contributed by atoms with Crippen molar-refractivity contribution in [3.63, 3.8) is 0 Å². The van der Waals surface area contributed by atoms with Gasteiger partial charge in [0.05, 0.1) is 16.3 Å². The van der Waals surface area contributed by atoms with Gasteiger partial charge in [-0.3, -0.25) is 14.2 Å². The summed E-state index contributed by atoms with van der Waals surface area (Å²) in [6, 6.07) is 11.5. The molecule has 0 saturated carbocycles. The van der Waals surface area contributed by atoms with E-state index in [1.54, 1.807) is 18.2 Å². The first-order valence-electron chi connectivity index (χ1n) is 5.63. The van der Waals surface area contributed by atoms with Gasteiger partial charge in [0.15, 0.2) is 0 Å². The Balaban J connectivity index is 0.00000161. The van der Waals surface area contributed by atoms with Crippen LogP contribution in [0.2, 0.25) is 0 Å². The number of benzene rings is 2. The predicted octanol–water partition coefficient (Wildman–Crippen LogP) is 2.04. The third-order valence-corrected chi connectivity index (χ3v) is 4.92. The normalized spacial score (nSPS) is 12.9. The first-order valence-corrected chi connectivity index (χ1v) is 7.89. The van der Waals surface area contributed by atoms with Gasteiger partial charge in [0.1, 0.15) is 0 Å². The molecule has 0 atom stereocenters. The summed E-state index contributed by atoms with van der Waals surface area (Å²) in [6.07, 6.45) is 0.630. The van der Waals surface area contributed by atoms with E-state index in [0.29, 0.717) is 17.8 Å². The summed E-state index contributed by atoms with van der Waals surface area (Å²) in [6.45, 7) is 0. The third-order valence-electron chi connectivity index (χ3n) is 2.94. The van der Waals surface area contributed by atoms with E-state index in [0.717, 1.165) is 9.79 Å². The summed E-state index contributed by atoms with van der Waals surface area (Å²) in [5.74, 6) is 0. The Kier molecular flexibility index (Phi) is 4.82. The molecule has 5 nitrogen and oxygen atoms in total. The van der Waals surface area contributed by atoms with Crippen molar-refractivity contribution in [3.05, 3.63) is 42.5 Å². The van der Waals surface area contributed by atoms with Crippen molar-refractivity contribution in [3.8, 4) is 0 Å². The van der Waals surface area contributed by atoms with Crippen LogP contribution in [0, 0.1) is 0 Å². The zero-order valence-electron chi connectivity index (χ0n) is 10.1. The Morgan fingerprint density at radius 3 is 2.38 bits per heavy atom. The fraction of sp³-hybridized carbons (Fsp3) is 0. The molecule has 0 fully saturated rings. The van der Waals surface area contributed by atoms with Crippen LogP contribution >= 0.6 is 11.8 Å². The number of amides is 1. The van der Waals surface area contributed by atoms with Crippen LogP contribution in [0.4, 0.5) is 11.4 Å². The van der Waals surface area contributed by atoms with E-state index in [1.165, 1.54) is 28.8 Å². The van der Waals surface area contributed by atoms with Gasteiger partial charge in [-0.1, -0.05) is 23.9 Å². The Morgan fingerprint density at radius 1 is 1.05 bits per heavy atom. The molecule has 1 aliphatic heterocycles. The molecule has 0 spiro atoms.